The van der Waals surface area contributed by atoms with Crippen molar-refractivity contribution >= 4 is 12.1 Å². The molecule has 0 aromatic carbocycles. The highest BCUT2D eigenvalue weighted by atomic mass is 16.6. The molecule has 0 N–H and O–H groups in total. The van der Waals surface area contributed by atoms with Gasteiger partial charge >= 0.3 is 12.1 Å². The van der Waals surface area contributed by atoms with Gasteiger partial charge in [-0.1, -0.05) is 0 Å². The summed E-state index contributed by atoms with van der Waals surface area (Å²) in [4.78, 5) is 25.3. The molecule has 0 radical (unpaired) electrons. The van der Waals surface area contributed by atoms with Crippen LogP contribution < -0.4 is 0 Å². The fourth-order valence-corrected chi connectivity index (χ4v) is 1.86. The van der Waals surface area contributed by atoms with Gasteiger partial charge in [-0.2, -0.15) is 0 Å². The second-order valence-electron chi connectivity index (χ2n) is 5.82. The number of amides is 1. The minimum atomic E-state index is -0.549. The maximum absolute atomic E-state index is 12.0. The molecular formula is C13H23NO4. The molecule has 0 aromatic rings. The molecule has 0 spiro atoms. The minimum Gasteiger partial charge on any atom is -0.461 e. The Labute approximate surface area is 108 Å². The van der Waals surface area contributed by atoms with Crippen molar-refractivity contribution < 1.29 is 19.1 Å². The Balaban J connectivity index is 2.64. The smallest absolute Gasteiger partial charge is 0.411 e. The van der Waals surface area contributed by atoms with Gasteiger partial charge < -0.3 is 9.47 Å². The van der Waals surface area contributed by atoms with Gasteiger partial charge in [-0.3, -0.25) is 4.90 Å². The number of hydrogen-bond acceptors (Lipinski definition) is 4. The zero-order valence-corrected chi connectivity index (χ0v) is 11.9. The summed E-state index contributed by atoms with van der Waals surface area (Å²) in [7, 11) is 0. The molecule has 1 heterocycles. The molecule has 1 aliphatic rings. The van der Waals surface area contributed by atoms with Crippen LogP contribution in [0.4, 0.5) is 4.79 Å². The summed E-state index contributed by atoms with van der Waals surface area (Å²) in [5.41, 5.74) is -0.549. The summed E-state index contributed by atoms with van der Waals surface area (Å²) in [5, 5.41) is 0. The van der Waals surface area contributed by atoms with Crippen LogP contribution in [-0.2, 0) is 14.3 Å². The number of hydrogen-bond donors (Lipinski definition) is 0. The Bertz CT molecular complexity index is 319. The van der Waals surface area contributed by atoms with Crippen LogP contribution in [0.25, 0.3) is 0 Å². The van der Waals surface area contributed by atoms with Gasteiger partial charge in [0.05, 0.1) is 6.10 Å². The third-order valence-corrected chi connectivity index (χ3v) is 2.50. The number of carbonyl (C=O) groups is 2. The molecular weight excluding hydrogens is 234 g/mol. The highest BCUT2D eigenvalue weighted by molar-refractivity contribution is 5.82. The van der Waals surface area contributed by atoms with Crippen LogP contribution in [-0.4, -0.2) is 41.3 Å². The molecule has 1 fully saturated rings. The predicted molar refractivity (Wildman–Crippen MR) is 67.2 cm³/mol. The van der Waals surface area contributed by atoms with Crippen LogP contribution in [0.2, 0.25) is 0 Å². The number of esters is 1. The van der Waals surface area contributed by atoms with E-state index in [0.29, 0.717) is 13.0 Å². The lowest BCUT2D eigenvalue weighted by Gasteiger charge is -2.27. The quantitative estimate of drug-likeness (QED) is 0.712. The maximum atomic E-state index is 12.0. The third kappa shape index (κ3) is 4.20. The average Bonchev–Trinajstić information content (AvgIpc) is 2.61. The Kier molecular flexibility index (Phi) is 4.59. The molecule has 0 saturated carbocycles. The molecule has 1 rings (SSSR count). The molecule has 1 aliphatic heterocycles. The van der Waals surface area contributed by atoms with E-state index in [9.17, 15) is 9.59 Å². The van der Waals surface area contributed by atoms with E-state index >= 15 is 0 Å². The van der Waals surface area contributed by atoms with Crippen LogP contribution in [0.15, 0.2) is 0 Å². The van der Waals surface area contributed by atoms with Gasteiger partial charge in [-0.15, -0.1) is 0 Å². The number of ether oxygens (including phenoxy) is 2. The van der Waals surface area contributed by atoms with E-state index < -0.39 is 17.7 Å². The predicted octanol–water partition coefficient (Wildman–Crippen LogP) is 2.34. The van der Waals surface area contributed by atoms with Crippen molar-refractivity contribution in [2.24, 2.45) is 0 Å². The van der Waals surface area contributed by atoms with E-state index in [2.05, 4.69) is 0 Å². The van der Waals surface area contributed by atoms with E-state index in [0.717, 1.165) is 6.42 Å². The van der Waals surface area contributed by atoms with Gasteiger partial charge in [0.15, 0.2) is 0 Å². The molecule has 104 valence electrons. The monoisotopic (exact) mass is 257 g/mol. The van der Waals surface area contributed by atoms with Gasteiger partial charge in [-0.05, 0) is 47.5 Å². The summed E-state index contributed by atoms with van der Waals surface area (Å²) in [6.07, 6.45) is 0.839. The highest BCUT2D eigenvalue weighted by Crippen LogP contribution is 2.22. The molecule has 1 saturated heterocycles. The van der Waals surface area contributed by atoms with Crippen molar-refractivity contribution in [3.05, 3.63) is 0 Å². The summed E-state index contributed by atoms with van der Waals surface area (Å²) >= 11 is 0. The summed E-state index contributed by atoms with van der Waals surface area (Å²) in [6.45, 7) is 9.56. The van der Waals surface area contributed by atoms with Gasteiger partial charge in [0.25, 0.3) is 0 Å². The van der Waals surface area contributed by atoms with Crippen LogP contribution in [0.1, 0.15) is 47.5 Å². The number of rotatable bonds is 2. The molecule has 1 atom stereocenters. The normalized spacial score (nSPS) is 20.1. The first kappa shape index (κ1) is 14.8. The van der Waals surface area contributed by atoms with Gasteiger partial charge in [0.1, 0.15) is 11.6 Å². The molecule has 0 aromatic heterocycles. The minimum absolute atomic E-state index is 0.168. The van der Waals surface area contributed by atoms with Gasteiger partial charge in [0.2, 0.25) is 0 Å². The first-order chi connectivity index (χ1) is 8.20. The lowest BCUT2D eigenvalue weighted by atomic mass is 10.2. The average molecular weight is 257 g/mol. The van der Waals surface area contributed by atoms with Crippen molar-refractivity contribution in [3.8, 4) is 0 Å². The van der Waals surface area contributed by atoms with E-state index in [1.54, 1.807) is 13.8 Å². The maximum Gasteiger partial charge on any atom is 0.411 e. The zero-order valence-electron chi connectivity index (χ0n) is 11.9. The summed E-state index contributed by atoms with van der Waals surface area (Å²) in [5.74, 6) is -0.339. The van der Waals surface area contributed by atoms with E-state index in [1.807, 2.05) is 20.8 Å². The lowest BCUT2D eigenvalue weighted by Crippen LogP contribution is -2.44. The highest BCUT2D eigenvalue weighted by Gasteiger charge is 2.37. The molecule has 0 bridgehead atoms. The van der Waals surface area contributed by atoms with Crippen molar-refractivity contribution in [1.82, 2.24) is 4.90 Å². The largest absolute Gasteiger partial charge is 0.461 e. The molecule has 5 heteroatoms. The van der Waals surface area contributed by atoms with Gasteiger partial charge in [0, 0.05) is 6.54 Å². The van der Waals surface area contributed by atoms with Crippen LogP contribution in [0, 0.1) is 0 Å². The van der Waals surface area contributed by atoms with Crippen molar-refractivity contribution in [1.29, 1.82) is 0 Å². The molecule has 5 nitrogen and oxygen atoms in total. The first-order valence-corrected chi connectivity index (χ1v) is 6.41. The Morgan fingerprint density at radius 1 is 1.28 bits per heavy atom. The zero-order chi connectivity index (χ0) is 13.9. The number of likely N-dealkylation sites (tertiary alicyclic amines) is 1. The number of nitrogens with zero attached hydrogens (tertiary/aromatic N) is 1. The first-order valence-electron chi connectivity index (χ1n) is 6.41. The van der Waals surface area contributed by atoms with Crippen molar-refractivity contribution in [2.45, 2.75) is 65.2 Å². The molecule has 1 amide bonds. The fraction of sp³-hybridized carbons (Fsp3) is 0.846. The van der Waals surface area contributed by atoms with Crippen molar-refractivity contribution in [3.63, 3.8) is 0 Å². The van der Waals surface area contributed by atoms with Crippen LogP contribution in [0.5, 0.6) is 0 Å². The van der Waals surface area contributed by atoms with Crippen molar-refractivity contribution in [2.75, 3.05) is 6.54 Å². The van der Waals surface area contributed by atoms with Gasteiger partial charge in [-0.25, -0.2) is 9.59 Å². The standard InChI is InChI=1S/C13H23NO4/c1-9(2)17-11(15)10-7-6-8-14(10)12(16)18-13(3,4)5/h9-10H,6-8H2,1-5H3/t10-/m0/s1. The third-order valence-electron chi connectivity index (χ3n) is 2.50. The second-order valence-corrected chi connectivity index (χ2v) is 5.82. The van der Waals surface area contributed by atoms with Crippen LogP contribution in [0.3, 0.4) is 0 Å². The summed E-state index contributed by atoms with van der Waals surface area (Å²) in [6, 6.07) is -0.498. The second kappa shape index (κ2) is 5.59. The Morgan fingerprint density at radius 3 is 2.39 bits per heavy atom. The Morgan fingerprint density at radius 2 is 1.89 bits per heavy atom. The van der Waals surface area contributed by atoms with E-state index in [4.69, 9.17) is 9.47 Å². The topological polar surface area (TPSA) is 55.8 Å². The fourth-order valence-electron chi connectivity index (χ4n) is 1.86. The van der Waals surface area contributed by atoms with Crippen LogP contribution >= 0.6 is 0 Å². The summed E-state index contributed by atoms with van der Waals surface area (Å²) < 4.78 is 10.4. The molecule has 0 aliphatic carbocycles. The lowest BCUT2D eigenvalue weighted by molar-refractivity contribution is -0.152. The molecule has 18 heavy (non-hydrogen) atoms. The number of carbonyl (C=O) groups excluding carboxylic acids is 2. The molecule has 0 unspecified atom stereocenters. The van der Waals surface area contributed by atoms with E-state index in [1.165, 1.54) is 4.90 Å². The Hall–Kier alpha value is -1.26. The SMILES string of the molecule is CC(C)OC(=O)[C@@H]1CCCN1C(=O)OC(C)(C)C. The van der Waals surface area contributed by atoms with E-state index in [-0.39, 0.29) is 12.1 Å².